The van der Waals surface area contributed by atoms with Crippen molar-refractivity contribution in [1.29, 1.82) is 0 Å². The number of aliphatic hydroxyl groups excluding tert-OH is 1. The van der Waals surface area contributed by atoms with E-state index in [1.807, 2.05) is 6.07 Å². The van der Waals surface area contributed by atoms with E-state index >= 15 is 0 Å². The van der Waals surface area contributed by atoms with Gasteiger partial charge in [-0.25, -0.2) is 8.42 Å². The van der Waals surface area contributed by atoms with E-state index in [2.05, 4.69) is 4.98 Å². The number of rotatable bonds is 3. The number of piperidine rings is 1. The van der Waals surface area contributed by atoms with Gasteiger partial charge >= 0.3 is 0 Å². The molecule has 5 nitrogen and oxygen atoms in total. The van der Waals surface area contributed by atoms with Crippen LogP contribution in [0, 0.1) is 5.92 Å². The summed E-state index contributed by atoms with van der Waals surface area (Å²) in [6, 6.07) is 8.69. The van der Waals surface area contributed by atoms with Crippen molar-refractivity contribution in [2.24, 2.45) is 5.92 Å². The van der Waals surface area contributed by atoms with E-state index < -0.39 is 16.1 Å². The van der Waals surface area contributed by atoms with Crippen molar-refractivity contribution in [3.63, 3.8) is 0 Å². The lowest BCUT2D eigenvalue weighted by Gasteiger charge is -2.33. The molecule has 3 rings (SSSR count). The fourth-order valence-corrected chi connectivity index (χ4v) is 4.76. The summed E-state index contributed by atoms with van der Waals surface area (Å²) in [6.07, 6.45) is 2.80. The topological polar surface area (TPSA) is 70.5 Å². The number of aromatic nitrogens is 1. The molecule has 2 heterocycles. The molecule has 0 amide bonds. The molecule has 1 aliphatic heterocycles. The van der Waals surface area contributed by atoms with Crippen LogP contribution < -0.4 is 0 Å². The minimum atomic E-state index is -3.57. The number of pyridine rings is 1. The molecule has 118 valence electrons. The van der Waals surface area contributed by atoms with Crippen molar-refractivity contribution in [3.05, 3.63) is 36.5 Å². The number of hydrogen-bond acceptors (Lipinski definition) is 4. The molecule has 1 aromatic heterocycles. The molecule has 1 aromatic carbocycles. The van der Waals surface area contributed by atoms with Crippen molar-refractivity contribution in [1.82, 2.24) is 9.29 Å². The lowest BCUT2D eigenvalue weighted by atomic mass is 9.95. The Hall–Kier alpha value is -1.50. The third-order valence-corrected chi connectivity index (χ3v) is 6.25. The van der Waals surface area contributed by atoms with Gasteiger partial charge in [-0.05, 0) is 49.9 Å². The van der Waals surface area contributed by atoms with Crippen LogP contribution in [-0.4, -0.2) is 42.0 Å². The number of sulfonamides is 1. The Morgan fingerprint density at radius 2 is 2.14 bits per heavy atom. The van der Waals surface area contributed by atoms with Crippen LogP contribution in [0.3, 0.4) is 0 Å². The molecule has 1 saturated heterocycles. The molecular weight excluding hydrogens is 300 g/mol. The highest BCUT2D eigenvalue weighted by Crippen LogP contribution is 2.29. The van der Waals surface area contributed by atoms with Gasteiger partial charge in [-0.2, -0.15) is 4.31 Å². The van der Waals surface area contributed by atoms with Gasteiger partial charge < -0.3 is 5.11 Å². The Labute approximate surface area is 130 Å². The third-order valence-electron chi connectivity index (χ3n) is 4.33. The van der Waals surface area contributed by atoms with Crippen molar-refractivity contribution in [2.75, 3.05) is 13.1 Å². The van der Waals surface area contributed by atoms with Gasteiger partial charge in [-0.1, -0.05) is 6.07 Å². The Bertz CT molecular complexity index is 769. The summed E-state index contributed by atoms with van der Waals surface area (Å²) in [5.74, 6) is -0.00312. The zero-order chi connectivity index (χ0) is 15.7. The summed E-state index contributed by atoms with van der Waals surface area (Å²) in [4.78, 5) is 4.52. The summed E-state index contributed by atoms with van der Waals surface area (Å²) in [5, 5.41) is 10.4. The summed E-state index contributed by atoms with van der Waals surface area (Å²) in [7, 11) is -3.57. The van der Waals surface area contributed by atoms with Crippen LogP contribution in [0.4, 0.5) is 0 Å². The summed E-state index contributed by atoms with van der Waals surface area (Å²) in [5.41, 5.74) is 0.674. The lowest BCUT2D eigenvalue weighted by Crippen LogP contribution is -2.42. The highest BCUT2D eigenvalue weighted by Gasteiger charge is 2.32. The number of hydrogen-bond donors (Lipinski definition) is 1. The average molecular weight is 320 g/mol. The van der Waals surface area contributed by atoms with Gasteiger partial charge in [0.15, 0.2) is 0 Å². The van der Waals surface area contributed by atoms with E-state index in [0.29, 0.717) is 28.9 Å². The van der Waals surface area contributed by atoms with Gasteiger partial charge in [-0.3, -0.25) is 4.98 Å². The van der Waals surface area contributed by atoms with Gasteiger partial charge in [0.2, 0.25) is 10.0 Å². The number of fused-ring (bicyclic) bond motifs is 1. The Morgan fingerprint density at radius 1 is 1.32 bits per heavy atom. The largest absolute Gasteiger partial charge is 0.393 e. The first-order valence-corrected chi connectivity index (χ1v) is 8.96. The summed E-state index contributed by atoms with van der Waals surface area (Å²) >= 11 is 0. The number of benzene rings is 1. The fraction of sp³-hybridized carbons (Fsp3) is 0.438. The van der Waals surface area contributed by atoms with E-state index in [1.165, 1.54) is 4.31 Å². The van der Waals surface area contributed by atoms with E-state index in [4.69, 9.17) is 0 Å². The van der Waals surface area contributed by atoms with E-state index in [9.17, 15) is 13.5 Å². The zero-order valence-electron chi connectivity index (χ0n) is 12.5. The first kappa shape index (κ1) is 15.4. The van der Waals surface area contributed by atoms with Crippen molar-refractivity contribution in [3.8, 4) is 0 Å². The Kier molecular flexibility index (Phi) is 4.16. The average Bonchev–Trinajstić information content (AvgIpc) is 2.54. The van der Waals surface area contributed by atoms with Crippen LogP contribution in [0.1, 0.15) is 19.8 Å². The smallest absolute Gasteiger partial charge is 0.243 e. The maximum absolute atomic E-state index is 13.0. The van der Waals surface area contributed by atoms with E-state index in [1.54, 1.807) is 37.4 Å². The first-order valence-electron chi connectivity index (χ1n) is 7.52. The van der Waals surface area contributed by atoms with E-state index in [0.717, 1.165) is 12.8 Å². The molecule has 1 N–H and O–H groups in total. The second-order valence-corrected chi connectivity index (χ2v) is 7.74. The molecule has 6 heteroatoms. The summed E-state index contributed by atoms with van der Waals surface area (Å²) < 4.78 is 27.5. The second kappa shape index (κ2) is 5.95. The number of nitrogens with zero attached hydrogens (tertiary/aromatic N) is 2. The highest BCUT2D eigenvalue weighted by atomic mass is 32.2. The minimum absolute atomic E-state index is 0.00312. The maximum Gasteiger partial charge on any atom is 0.243 e. The molecule has 22 heavy (non-hydrogen) atoms. The molecule has 0 saturated carbocycles. The highest BCUT2D eigenvalue weighted by molar-refractivity contribution is 7.89. The molecule has 0 bridgehead atoms. The molecule has 1 fully saturated rings. The molecule has 0 radical (unpaired) electrons. The predicted molar refractivity (Wildman–Crippen MR) is 84.9 cm³/mol. The van der Waals surface area contributed by atoms with Crippen LogP contribution in [0.15, 0.2) is 41.4 Å². The van der Waals surface area contributed by atoms with Crippen LogP contribution in [0.25, 0.3) is 10.9 Å². The van der Waals surface area contributed by atoms with Crippen molar-refractivity contribution < 1.29 is 13.5 Å². The predicted octanol–water partition coefficient (Wildman–Crippen LogP) is 2.02. The van der Waals surface area contributed by atoms with Crippen LogP contribution in [0.5, 0.6) is 0 Å². The third kappa shape index (κ3) is 2.74. The molecular formula is C16H20N2O3S. The molecule has 2 aromatic rings. The molecule has 2 atom stereocenters. The van der Waals surface area contributed by atoms with Crippen LogP contribution in [0.2, 0.25) is 0 Å². The fourth-order valence-electron chi connectivity index (χ4n) is 3.03. The van der Waals surface area contributed by atoms with Gasteiger partial charge in [0.1, 0.15) is 0 Å². The van der Waals surface area contributed by atoms with Gasteiger partial charge in [0.25, 0.3) is 0 Å². The first-order chi connectivity index (χ1) is 10.5. The lowest BCUT2D eigenvalue weighted by molar-refractivity contribution is 0.0885. The molecule has 2 unspecified atom stereocenters. The SMILES string of the molecule is CC(O)C1CCCN(S(=O)(=O)c2cccc3ncccc23)C1. The Balaban J connectivity index is 2.01. The van der Waals surface area contributed by atoms with Gasteiger partial charge in [0, 0.05) is 24.7 Å². The van der Waals surface area contributed by atoms with Gasteiger partial charge in [0.05, 0.1) is 16.5 Å². The molecule has 0 aliphatic carbocycles. The second-order valence-electron chi connectivity index (χ2n) is 5.83. The van der Waals surface area contributed by atoms with Crippen LogP contribution >= 0.6 is 0 Å². The van der Waals surface area contributed by atoms with Crippen LogP contribution in [-0.2, 0) is 10.0 Å². The van der Waals surface area contributed by atoms with Crippen molar-refractivity contribution in [2.45, 2.75) is 30.8 Å². The quantitative estimate of drug-likeness (QED) is 0.939. The number of aliphatic hydroxyl groups is 1. The normalized spacial score (nSPS) is 21.8. The zero-order valence-corrected chi connectivity index (χ0v) is 13.3. The van der Waals surface area contributed by atoms with Crippen molar-refractivity contribution >= 4 is 20.9 Å². The standard InChI is InChI=1S/C16H20N2O3S/c1-12(19)13-5-4-10-18(11-13)22(20,21)16-8-2-7-15-14(16)6-3-9-17-15/h2-3,6-9,12-13,19H,4-5,10-11H2,1H3. The molecule has 1 aliphatic rings. The maximum atomic E-state index is 13.0. The minimum Gasteiger partial charge on any atom is -0.393 e. The monoisotopic (exact) mass is 320 g/mol. The van der Waals surface area contributed by atoms with E-state index in [-0.39, 0.29) is 5.92 Å². The Morgan fingerprint density at radius 3 is 2.91 bits per heavy atom. The molecule has 0 spiro atoms. The summed E-state index contributed by atoms with van der Waals surface area (Å²) in [6.45, 7) is 2.60. The van der Waals surface area contributed by atoms with Gasteiger partial charge in [-0.15, -0.1) is 0 Å².